The van der Waals surface area contributed by atoms with Crippen LogP contribution in [0.4, 0.5) is 0 Å². The summed E-state index contributed by atoms with van der Waals surface area (Å²) >= 11 is 3.10. The Morgan fingerprint density at radius 1 is 1.35 bits per heavy atom. The molecule has 1 saturated carbocycles. The zero-order chi connectivity index (χ0) is 17.7. The maximum Gasteiger partial charge on any atom is 0.264 e. The second-order valence-electron chi connectivity index (χ2n) is 6.48. The number of imidazole rings is 1. The van der Waals surface area contributed by atoms with Gasteiger partial charge in [0.2, 0.25) is 0 Å². The van der Waals surface area contributed by atoms with Crippen LogP contribution in [0.5, 0.6) is 5.75 Å². The third-order valence-corrected chi connectivity index (χ3v) is 6.47. The maximum absolute atomic E-state index is 13.2. The van der Waals surface area contributed by atoms with Crippen LogP contribution in [0.1, 0.15) is 28.1 Å². The number of hydrogen-bond acceptors (Lipinski definition) is 5. The van der Waals surface area contributed by atoms with Crippen molar-refractivity contribution in [3.05, 3.63) is 52.3 Å². The van der Waals surface area contributed by atoms with Crippen molar-refractivity contribution in [3.63, 3.8) is 0 Å². The van der Waals surface area contributed by atoms with Crippen LogP contribution < -0.4 is 4.74 Å². The lowest BCUT2D eigenvalue weighted by Crippen LogP contribution is -2.32. The first-order valence-corrected chi connectivity index (χ1v) is 10.2. The van der Waals surface area contributed by atoms with Gasteiger partial charge in [0.15, 0.2) is 4.96 Å². The van der Waals surface area contributed by atoms with Gasteiger partial charge in [-0.3, -0.25) is 9.20 Å². The van der Waals surface area contributed by atoms with Gasteiger partial charge in [-0.15, -0.1) is 22.7 Å². The minimum absolute atomic E-state index is 0.107. The van der Waals surface area contributed by atoms with Gasteiger partial charge < -0.3 is 9.64 Å². The lowest BCUT2D eigenvalue weighted by atomic mass is 10.2. The lowest BCUT2D eigenvalue weighted by molar-refractivity contribution is 0.0735. The summed E-state index contributed by atoms with van der Waals surface area (Å²) in [6, 6.07) is 10.3. The van der Waals surface area contributed by atoms with Crippen molar-refractivity contribution in [1.29, 1.82) is 0 Å². The fourth-order valence-corrected chi connectivity index (χ4v) is 4.93. The van der Waals surface area contributed by atoms with Crippen LogP contribution in [0.2, 0.25) is 0 Å². The van der Waals surface area contributed by atoms with Crippen LogP contribution in [0.3, 0.4) is 0 Å². The summed E-state index contributed by atoms with van der Waals surface area (Å²) in [5, 5.41) is 2.01. The molecular formula is C19H17N3O2S2. The molecule has 3 heterocycles. The Balaban J connectivity index is 1.44. The van der Waals surface area contributed by atoms with Crippen molar-refractivity contribution in [2.24, 2.45) is 0 Å². The van der Waals surface area contributed by atoms with Gasteiger partial charge in [0, 0.05) is 24.2 Å². The number of amides is 1. The first-order chi connectivity index (χ1) is 12.7. The predicted molar refractivity (Wildman–Crippen MR) is 104 cm³/mol. The van der Waals surface area contributed by atoms with Crippen LogP contribution in [0, 0.1) is 0 Å². The Morgan fingerprint density at radius 2 is 2.15 bits per heavy atom. The molecule has 1 aromatic carbocycles. The average Bonchev–Trinajstić information content (AvgIpc) is 3.11. The van der Waals surface area contributed by atoms with Gasteiger partial charge in [0.05, 0.1) is 17.5 Å². The highest BCUT2D eigenvalue weighted by Gasteiger charge is 2.34. The summed E-state index contributed by atoms with van der Waals surface area (Å²) < 4.78 is 7.27. The molecular weight excluding hydrogens is 366 g/mol. The molecule has 0 atom stereocenters. The van der Waals surface area contributed by atoms with Crippen LogP contribution in [0.25, 0.3) is 15.3 Å². The third-order valence-electron chi connectivity index (χ3n) is 4.71. The summed E-state index contributed by atoms with van der Waals surface area (Å²) in [5.74, 6) is 0.938. The molecule has 1 amide bonds. The van der Waals surface area contributed by atoms with Crippen molar-refractivity contribution in [2.75, 3.05) is 7.11 Å². The highest BCUT2D eigenvalue weighted by Crippen LogP contribution is 2.34. The smallest absolute Gasteiger partial charge is 0.264 e. The average molecular weight is 383 g/mol. The van der Waals surface area contributed by atoms with Gasteiger partial charge in [-0.25, -0.2) is 4.98 Å². The Labute approximate surface area is 158 Å². The summed E-state index contributed by atoms with van der Waals surface area (Å²) in [7, 11) is 1.66. The van der Waals surface area contributed by atoms with Crippen LogP contribution in [0.15, 0.2) is 41.9 Å². The number of carbonyl (C=O) groups excluding carboxylic acids is 1. The van der Waals surface area contributed by atoms with E-state index in [2.05, 4.69) is 9.38 Å². The minimum atomic E-state index is 0.107. The van der Waals surface area contributed by atoms with Crippen molar-refractivity contribution in [1.82, 2.24) is 14.3 Å². The Bertz CT molecular complexity index is 1090. The molecule has 4 aromatic rings. The summed E-state index contributed by atoms with van der Waals surface area (Å²) in [4.78, 5) is 22.5. The van der Waals surface area contributed by atoms with Crippen LogP contribution in [-0.2, 0) is 6.54 Å². The minimum Gasteiger partial charge on any atom is -0.497 e. The van der Waals surface area contributed by atoms with E-state index in [1.54, 1.807) is 18.4 Å². The van der Waals surface area contributed by atoms with Crippen LogP contribution >= 0.6 is 22.7 Å². The number of methoxy groups -OCH3 is 1. The number of thiazole rings is 1. The van der Waals surface area contributed by atoms with E-state index >= 15 is 0 Å². The molecule has 0 N–H and O–H groups in total. The number of carbonyl (C=O) groups is 1. The molecule has 1 aliphatic carbocycles. The summed E-state index contributed by atoms with van der Waals surface area (Å²) in [5.41, 5.74) is 2.14. The number of thiophene rings is 1. The summed E-state index contributed by atoms with van der Waals surface area (Å²) in [6.45, 7) is 0.629. The van der Waals surface area contributed by atoms with E-state index in [9.17, 15) is 4.79 Å². The Kier molecular flexibility index (Phi) is 3.72. The molecule has 7 heteroatoms. The number of aromatic nitrogens is 2. The highest BCUT2D eigenvalue weighted by molar-refractivity contribution is 7.21. The molecule has 3 aromatic heterocycles. The number of nitrogens with zero attached hydrogens (tertiary/aromatic N) is 3. The molecule has 26 heavy (non-hydrogen) atoms. The predicted octanol–water partition coefficient (Wildman–Crippen LogP) is 4.42. The molecule has 132 valence electrons. The molecule has 0 saturated heterocycles. The van der Waals surface area contributed by atoms with Gasteiger partial charge in [-0.2, -0.15) is 0 Å². The molecule has 0 radical (unpaired) electrons. The lowest BCUT2D eigenvalue weighted by Gasteiger charge is -2.22. The standard InChI is InChI=1S/C19H17N3O2S2/c1-24-14-6-2-12(3-7-14)11-22(13-4-5-13)18(23)16-10-15-17(26-16)20-19-21(15)8-9-25-19/h2-3,6-10,13H,4-5,11H2,1H3. The first kappa shape index (κ1) is 15.8. The van der Waals surface area contributed by atoms with Gasteiger partial charge in [0.1, 0.15) is 10.6 Å². The molecule has 5 rings (SSSR count). The number of benzene rings is 1. The van der Waals surface area contributed by atoms with Crippen molar-refractivity contribution >= 4 is 43.9 Å². The molecule has 5 nitrogen and oxygen atoms in total. The molecule has 0 unspecified atom stereocenters. The van der Waals surface area contributed by atoms with E-state index in [0.29, 0.717) is 12.6 Å². The van der Waals surface area contributed by atoms with Crippen molar-refractivity contribution < 1.29 is 9.53 Å². The zero-order valence-electron chi connectivity index (χ0n) is 14.2. The topological polar surface area (TPSA) is 46.8 Å². The van der Waals surface area contributed by atoms with Crippen molar-refractivity contribution in [2.45, 2.75) is 25.4 Å². The highest BCUT2D eigenvalue weighted by atomic mass is 32.1. The van der Waals surface area contributed by atoms with Gasteiger partial charge in [0.25, 0.3) is 5.91 Å². The number of ether oxygens (including phenoxy) is 1. The largest absolute Gasteiger partial charge is 0.497 e. The van der Waals surface area contributed by atoms with E-state index in [0.717, 1.165) is 44.3 Å². The normalized spacial score (nSPS) is 14.2. The quantitative estimate of drug-likeness (QED) is 0.512. The second kappa shape index (κ2) is 6.10. The molecule has 1 aliphatic rings. The van der Waals surface area contributed by atoms with Crippen LogP contribution in [-0.4, -0.2) is 33.3 Å². The van der Waals surface area contributed by atoms with E-state index in [4.69, 9.17) is 4.74 Å². The Hall–Kier alpha value is -2.38. The molecule has 1 fully saturated rings. The molecule has 0 spiro atoms. The maximum atomic E-state index is 13.2. The zero-order valence-corrected chi connectivity index (χ0v) is 15.8. The third kappa shape index (κ3) is 2.68. The SMILES string of the molecule is COc1ccc(CN(C(=O)c2cc3c(nc4sccn43)s2)C2CC2)cc1. The Morgan fingerprint density at radius 3 is 2.88 bits per heavy atom. The van der Waals surface area contributed by atoms with E-state index in [-0.39, 0.29) is 5.91 Å². The number of fused-ring (bicyclic) bond motifs is 3. The van der Waals surface area contributed by atoms with Gasteiger partial charge in [-0.05, 0) is 36.6 Å². The number of rotatable bonds is 5. The molecule has 0 bridgehead atoms. The first-order valence-electron chi connectivity index (χ1n) is 8.52. The fraction of sp³-hybridized carbons (Fsp3) is 0.263. The van der Waals surface area contributed by atoms with E-state index in [1.165, 1.54) is 11.3 Å². The van der Waals surface area contributed by atoms with E-state index < -0.39 is 0 Å². The van der Waals surface area contributed by atoms with E-state index in [1.807, 2.05) is 46.8 Å². The monoisotopic (exact) mass is 383 g/mol. The van der Waals surface area contributed by atoms with Crippen molar-refractivity contribution in [3.8, 4) is 5.75 Å². The summed E-state index contributed by atoms with van der Waals surface area (Å²) in [6.07, 6.45) is 4.17. The second-order valence-corrected chi connectivity index (χ2v) is 8.38. The van der Waals surface area contributed by atoms with Gasteiger partial charge in [-0.1, -0.05) is 12.1 Å². The molecule has 0 aliphatic heterocycles. The van der Waals surface area contributed by atoms with Gasteiger partial charge >= 0.3 is 0 Å². The fourth-order valence-electron chi connectivity index (χ4n) is 3.18. The number of hydrogen-bond donors (Lipinski definition) is 0.